The Morgan fingerprint density at radius 3 is 2.59 bits per heavy atom. The van der Waals surface area contributed by atoms with Crippen LogP contribution in [-0.2, 0) is 4.74 Å². The van der Waals surface area contributed by atoms with Crippen LogP contribution in [0.1, 0.15) is 37.4 Å². The van der Waals surface area contributed by atoms with Crippen LogP contribution in [0.4, 0.5) is 0 Å². The maximum absolute atomic E-state index is 6.12. The molecule has 3 N–H and O–H groups in total. The number of methoxy groups -OCH3 is 1. The Morgan fingerprint density at radius 2 is 2.12 bits per heavy atom. The third-order valence-corrected chi connectivity index (χ3v) is 3.45. The fraction of sp³-hybridized carbons (Fsp3) is 0.538. The largest absolute Gasteiger partial charge is 0.379 e. The number of nitrogens with one attached hydrogen (secondary N) is 1. The lowest BCUT2D eigenvalue weighted by atomic mass is 9.93. The minimum atomic E-state index is -0.228. The molecule has 0 heterocycles. The molecule has 4 heteroatoms. The molecule has 0 radical (unpaired) electrons. The van der Waals surface area contributed by atoms with Crippen LogP contribution in [0.2, 0.25) is 5.02 Å². The minimum absolute atomic E-state index is 0.0306. The van der Waals surface area contributed by atoms with E-state index in [0.717, 1.165) is 22.6 Å². The van der Waals surface area contributed by atoms with Crippen LogP contribution >= 0.6 is 11.6 Å². The minimum Gasteiger partial charge on any atom is -0.379 e. The molecule has 1 aromatic carbocycles. The van der Waals surface area contributed by atoms with Gasteiger partial charge in [-0.2, -0.15) is 0 Å². The summed E-state index contributed by atoms with van der Waals surface area (Å²) in [5, 5.41) is 0.762. The molecule has 17 heavy (non-hydrogen) atoms. The van der Waals surface area contributed by atoms with Crippen LogP contribution in [0.5, 0.6) is 0 Å². The lowest BCUT2D eigenvalue weighted by molar-refractivity contribution is 0.00681. The van der Waals surface area contributed by atoms with E-state index in [1.54, 1.807) is 7.11 Å². The van der Waals surface area contributed by atoms with Crippen molar-refractivity contribution in [2.75, 3.05) is 7.11 Å². The number of ether oxygens (including phenoxy) is 1. The van der Waals surface area contributed by atoms with Crippen LogP contribution < -0.4 is 11.3 Å². The lowest BCUT2D eigenvalue weighted by Gasteiger charge is -2.28. The summed E-state index contributed by atoms with van der Waals surface area (Å²) in [6.07, 6.45) is 0.777. The maximum Gasteiger partial charge on any atom is 0.0641 e. The highest BCUT2D eigenvalue weighted by atomic mass is 35.5. The first-order valence-corrected chi connectivity index (χ1v) is 6.05. The van der Waals surface area contributed by atoms with E-state index >= 15 is 0 Å². The zero-order valence-corrected chi connectivity index (χ0v) is 11.6. The van der Waals surface area contributed by atoms with Gasteiger partial charge in [0.25, 0.3) is 0 Å². The standard InChI is InChI=1S/C13H21ClN2O/c1-9-5-6-10(7-11(9)14)12(16-15)8-13(2,3)17-4/h5-7,12,16H,8,15H2,1-4H3. The van der Waals surface area contributed by atoms with Crippen molar-refractivity contribution < 1.29 is 4.74 Å². The van der Waals surface area contributed by atoms with Gasteiger partial charge in [-0.1, -0.05) is 23.7 Å². The van der Waals surface area contributed by atoms with Gasteiger partial charge in [0, 0.05) is 18.2 Å². The zero-order chi connectivity index (χ0) is 13.1. The third kappa shape index (κ3) is 3.96. The number of rotatable bonds is 5. The molecule has 3 nitrogen and oxygen atoms in total. The summed E-state index contributed by atoms with van der Waals surface area (Å²) < 4.78 is 5.42. The first-order valence-electron chi connectivity index (χ1n) is 5.67. The Balaban J connectivity index is 2.90. The highest BCUT2D eigenvalue weighted by molar-refractivity contribution is 6.31. The normalized spacial score (nSPS) is 13.8. The molecule has 0 aromatic heterocycles. The molecule has 0 spiro atoms. The second kappa shape index (κ2) is 5.83. The van der Waals surface area contributed by atoms with E-state index in [0.29, 0.717) is 0 Å². The Labute approximate surface area is 108 Å². The molecule has 1 rings (SSSR count). The average Bonchev–Trinajstić information content (AvgIpc) is 2.30. The fourth-order valence-electron chi connectivity index (χ4n) is 1.67. The number of halogens is 1. The summed E-state index contributed by atoms with van der Waals surface area (Å²) in [7, 11) is 1.70. The number of nitrogens with two attached hydrogens (primary N) is 1. The van der Waals surface area contributed by atoms with Crippen LogP contribution in [0, 0.1) is 6.92 Å². The molecule has 96 valence electrons. The first-order chi connectivity index (χ1) is 7.89. The van der Waals surface area contributed by atoms with Crippen molar-refractivity contribution in [3.63, 3.8) is 0 Å². The lowest BCUT2D eigenvalue weighted by Crippen LogP contribution is -2.35. The molecular weight excluding hydrogens is 236 g/mol. The molecule has 0 saturated heterocycles. The number of hydrogen-bond donors (Lipinski definition) is 2. The van der Waals surface area contributed by atoms with E-state index in [4.69, 9.17) is 22.2 Å². The molecule has 1 unspecified atom stereocenters. The summed E-state index contributed by atoms with van der Waals surface area (Å²) >= 11 is 6.12. The van der Waals surface area contributed by atoms with Gasteiger partial charge >= 0.3 is 0 Å². The first kappa shape index (κ1) is 14.5. The van der Waals surface area contributed by atoms with Crippen LogP contribution in [0.25, 0.3) is 0 Å². The molecule has 0 saturated carbocycles. The van der Waals surface area contributed by atoms with Gasteiger partial charge in [-0.3, -0.25) is 11.3 Å². The Morgan fingerprint density at radius 1 is 1.47 bits per heavy atom. The number of benzene rings is 1. The third-order valence-electron chi connectivity index (χ3n) is 3.05. The molecule has 1 atom stereocenters. The molecule has 0 aliphatic rings. The summed E-state index contributed by atoms with van der Waals surface area (Å²) in [5.74, 6) is 5.61. The zero-order valence-electron chi connectivity index (χ0n) is 10.9. The number of aryl methyl sites for hydroxylation is 1. The van der Waals surface area contributed by atoms with E-state index in [2.05, 4.69) is 5.43 Å². The Kier molecular flexibility index (Phi) is 4.95. The van der Waals surface area contributed by atoms with Crippen molar-refractivity contribution in [3.05, 3.63) is 34.3 Å². The molecule has 0 bridgehead atoms. The second-order valence-corrected chi connectivity index (χ2v) is 5.30. The van der Waals surface area contributed by atoms with Crippen molar-refractivity contribution >= 4 is 11.6 Å². The summed E-state index contributed by atoms with van der Waals surface area (Å²) in [5.41, 5.74) is 4.73. The van der Waals surface area contributed by atoms with E-state index in [1.807, 2.05) is 39.0 Å². The van der Waals surface area contributed by atoms with Crippen molar-refractivity contribution in [2.45, 2.75) is 38.8 Å². The molecular formula is C13H21ClN2O. The SMILES string of the molecule is COC(C)(C)CC(NN)c1ccc(C)c(Cl)c1. The van der Waals surface area contributed by atoms with Crippen LogP contribution in [0.15, 0.2) is 18.2 Å². The van der Waals surface area contributed by atoms with Gasteiger partial charge in [0.2, 0.25) is 0 Å². The molecule has 0 amide bonds. The molecule has 1 aromatic rings. The van der Waals surface area contributed by atoms with Gasteiger partial charge in [0.1, 0.15) is 0 Å². The Bertz CT molecular complexity index is 380. The van der Waals surface area contributed by atoms with Gasteiger partial charge in [0.05, 0.1) is 5.60 Å². The predicted octanol–water partition coefficient (Wildman–Crippen LogP) is 2.97. The van der Waals surface area contributed by atoms with Gasteiger partial charge < -0.3 is 4.74 Å². The van der Waals surface area contributed by atoms with Crippen molar-refractivity contribution in [2.24, 2.45) is 5.84 Å². The molecule has 0 aliphatic heterocycles. The fourth-order valence-corrected chi connectivity index (χ4v) is 1.86. The van der Waals surface area contributed by atoms with Gasteiger partial charge in [-0.05, 0) is 44.4 Å². The maximum atomic E-state index is 6.12. The second-order valence-electron chi connectivity index (χ2n) is 4.90. The molecule has 0 aliphatic carbocycles. The van der Waals surface area contributed by atoms with Crippen molar-refractivity contribution in [1.29, 1.82) is 0 Å². The number of hydrazine groups is 1. The monoisotopic (exact) mass is 256 g/mol. The topological polar surface area (TPSA) is 47.3 Å². The smallest absolute Gasteiger partial charge is 0.0641 e. The van der Waals surface area contributed by atoms with Crippen LogP contribution in [0.3, 0.4) is 0 Å². The van der Waals surface area contributed by atoms with E-state index in [9.17, 15) is 0 Å². The average molecular weight is 257 g/mol. The van der Waals surface area contributed by atoms with Gasteiger partial charge in [-0.15, -0.1) is 0 Å². The predicted molar refractivity (Wildman–Crippen MR) is 72.0 cm³/mol. The highest BCUT2D eigenvalue weighted by Crippen LogP contribution is 2.28. The summed E-state index contributed by atoms with van der Waals surface area (Å²) in [6, 6.07) is 6.02. The van der Waals surface area contributed by atoms with E-state index < -0.39 is 0 Å². The van der Waals surface area contributed by atoms with Crippen molar-refractivity contribution in [3.8, 4) is 0 Å². The van der Waals surface area contributed by atoms with Gasteiger partial charge in [0.15, 0.2) is 0 Å². The highest BCUT2D eigenvalue weighted by Gasteiger charge is 2.23. The summed E-state index contributed by atoms with van der Waals surface area (Å²) in [6.45, 7) is 6.05. The Hall–Kier alpha value is -0.610. The van der Waals surface area contributed by atoms with Crippen molar-refractivity contribution in [1.82, 2.24) is 5.43 Å². The quantitative estimate of drug-likeness (QED) is 0.629. The molecule has 0 fully saturated rings. The number of hydrogen-bond acceptors (Lipinski definition) is 3. The van der Waals surface area contributed by atoms with E-state index in [1.165, 1.54) is 0 Å². The van der Waals surface area contributed by atoms with Gasteiger partial charge in [-0.25, -0.2) is 0 Å². The summed E-state index contributed by atoms with van der Waals surface area (Å²) in [4.78, 5) is 0. The van der Waals surface area contributed by atoms with E-state index in [-0.39, 0.29) is 11.6 Å². The van der Waals surface area contributed by atoms with Crippen LogP contribution in [-0.4, -0.2) is 12.7 Å².